The number of nitrogens with zero attached hydrogens (tertiary/aromatic N) is 4. The van der Waals surface area contributed by atoms with E-state index in [0.29, 0.717) is 5.82 Å². The fourth-order valence-corrected chi connectivity index (χ4v) is 1.69. The molecule has 3 N–H and O–H groups in total. The lowest BCUT2D eigenvalue weighted by atomic mass is 10.1. The van der Waals surface area contributed by atoms with E-state index in [-0.39, 0.29) is 0 Å². The van der Waals surface area contributed by atoms with Crippen LogP contribution in [-0.4, -0.2) is 25.2 Å². The van der Waals surface area contributed by atoms with Gasteiger partial charge in [0.05, 0.1) is 11.2 Å². The van der Waals surface area contributed by atoms with Gasteiger partial charge < -0.3 is 5.73 Å². The number of hydrogen-bond acceptors (Lipinski definition) is 4. The molecule has 80 valence electrons. The molecule has 1 aromatic carbocycles. The second-order valence-electron chi connectivity index (χ2n) is 3.62. The van der Waals surface area contributed by atoms with Gasteiger partial charge in [-0.05, 0) is 12.1 Å². The van der Waals surface area contributed by atoms with Crippen LogP contribution in [0.15, 0.2) is 24.3 Å². The fourth-order valence-electron chi connectivity index (χ4n) is 1.69. The minimum Gasteiger partial charge on any atom is -0.382 e. The highest BCUT2D eigenvalue weighted by Crippen LogP contribution is 2.22. The largest absolute Gasteiger partial charge is 0.382 e. The Hall–Kier alpha value is -2.37. The van der Waals surface area contributed by atoms with E-state index < -0.39 is 0 Å². The molecule has 0 radical (unpaired) electrons. The molecule has 3 aromatic rings. The molecular weight excluding hydrogens is 204 g/mol. The lowest BCUT2D eigenvalue weighted by Crippen LogP contribution is -1.88. The van der Waals surface area contributed by atoms with Gasteiger partial charge in [-0.3, -0.25) is 5.10 Å². The SMILES string of the molecule is Cn1nnc2cc(-c3cc(N)n[nH]3)ccc21. The normalized spacial score (nSPS) is 11.1. The van der Waals surface area contributed by atoms with Crippen molar-refractivity contribution in [1.82, 2.24) is 25.2 Å². The smallest absolute Gasteiger partial charge is 0.145 e. The number of H-pyrrole nitrogens is 1. The molecule has 6 nitrogen and oxygen atoms in total. The van der Waals surface area contributed by atoms with Gasteiger partial charge >= 0.3 is 0 Å². The number of anilines is 1. The Labute approximate surface area is 91.1 Å². The van der Waals surface area contributed by atoms with Gasteiger partial charge in [-0.2, -0.15) is 5.10 Å². The molecular formula is C10H10N6. The molecule has 0 unspecified atom stereocenters. The zero-order chi connectivity index (χ0) is 11.1. The molecule has 0 saturated carbocycles. The maximum absolute atomic E-state index is 5.56. The summed E-state index contributed by atoms with van der Waals surface area (Å²) in [7, 11) is 1.86. The fraction of sp³-hybridized carbons (Fsp3) is 0.100. The minimum absolute atomic E-state index is 0.481. The van der Waals surface area contributed by atoms with Gasteiger partial charge in [0, 0.05) is 18.7 Å². The second kappa shape index (κ2) is 3.06. The highest BCUT2D eigenvalue weighted by molar-refractivity contribution is 5.80. The van der Waals surface area contributed by atoms with Crippen molar-refractivity contribution in [3.05, 3.63) is 24.3 Å². The minimum atomic E-state index is 0.481. The lowest BCUT2D eigenvalue weighted by molar-refractivity contribution is 0.736. The maximum Gasteiger partial charge on any atom is 0.145 e. The summed E-state index contributed by atoms with van der Waals surface area (Å²) in [5.41, 5.74) is 9.29. The summed E-state index contributed by atoms with van der Waals surface area (Å²) in [6.45, 7) is 0. The van der Waals surface area contributed by atoms with Crippen molar-refractivity contribution < 1.29 is 0 Å². The van der Waals surface area contributed by atoms with Crippen molar-refractivity contribution in [2.45, 2.75) is 0 Å². The number of aryl methyl sites for hydroxylation is 1. The lowest BCUT2D eigenvalue weighted by Gasteiger charge is -1.97. The van der Waals surface area contributed by atoms with Gasteiger partial charge in [-0.25, -0.2) is 4.68 Å². The second-order valence-corrected chi connectivity index (χ2v) is 3.62. The molecule has 2 heterocycles. The van der Waals surface area contributed by atoms with E-state index >= 15 is 0 Å². The van der Waals surface area contributed by atoms with Crippen LogP contribution in [0.3, 0.4) is 0 Å². The molecule has 16 heavy (non-hydrogen) atoms. The maximum atomic E-state index is 5.56. The summed E-state index contributed by atoms with van der Waals surface area (Å²) in [6, 6.07) is 7.70. The molecule has 0 saturated heterocycles. The molecule has 2 aromatic heterocycles. The summed E-state index contributed by atoms with van der Waals surface area (Å²) in [4.78, 5) is 0. The first-order chi connectivity index (χ1) is 7.74. The average molecular weight is 214 g/mol. The zero-order valence-corrected chi connectivity index (χ0v) is 8.68. The summed E-state index contributed by atoms with van der Waals surface area (Å²) in [5.74, 6) is 0.481. The van der Waals surface area contributed by atoms with Gasteiger partial charge in [0.2, 0.25) is 0 Å². The standard InChI is InChI=1S/C10H10N6/c1-16-9-3-2-6(4-8(9)13-15-16)7-5-10(11)14-12-7/h2-5H,1H3,(H3,11,12,14). The first-order valence-electron chi connectivity index (χ1n) is 4.85. The highest BCUT2D eigenvalue weighted by atomic mass is 15.4. The van der Waals surface area contributed by atoms with Crippen LogP contribution in [0.4, 0.5) is 5.82 Å². The Morgan fingerprint density at radius 1 is 1.31 bits per heavy atom. The van der Waals surface area contributed by atoms with Crippen molar-refractivity contribution >= 4 is 16.9 Å². The third kappa shape index (κ3) is 1.23. The van der Waals surface area contributed by atoms with Crippen LogP contribution in [0.2, 0.25) is 0 Å². The van der Waals surface area contributed by atoms with E-state index in [1.54, 1.807) is 10.7 Å². The summed E-state index contributed by atoms with van der Waals surface area (Å²) >= 11 is 0. The van der Waals surface area contributed by atoms with Gasteiger partial charge in [-0.1, -0.05) is 11.3 Å². The van der Waals surface area contributed by atoms with Crippen LogP contribution in [0, 0.1) is 0 Å². The number of nitrogen functional groups attached to an aromatic ring is 1. The number of aromatic amines is 1. The Kier molecular flexibility index (Phi) is 1.70. The van der Waals surface area contributed by atoms with Gasteiger partial charge in [0.1, 0.15) is 11.3 Å². The quantitative estimate of drug-likeness (QED) is 0.631. The van der Waals surface area contributed by atoms with Crippen molar-refractivity contribution in [3.63, 3.8) is 0 Å². The predicted octanol–water partition coefficient (Wildman–Crippen LogP) is 0.941. The molecule has 0 amide bonds. The molecule has 0 aliphatic carbocycles. The summed E-state index contributed by atoms with van der Waals surface area (Å²) in [6.07, 6.45) is 0. The predicted molar refractivity (Wildman–Crippen MR) is 60.5 cm³/mol. The molecule has 3 rings (SSSR count). The van der Waals surface area contributed by atoms with E-state index in [0.717, 1.165) is 22.3 Å². The topological polar surface area (TPSA) is 85.4 Å². The van der Waals surface area contributed by atoms with E-state index in [2.05, 4.69) is 20.5 Å². The van der Waals surface area contributed by atoms with Crippen LogP contribution in [-0.2, 0) is 7.05 Å². The number of nitrogens with two attached hydrogens (primary N) is 1. The number of rotatable bonds is 1. The van der Waals surface area contributed by atoms with Crippen molar-refractivity contribution in [1.29, 1.82) is 0 Å². The van der Waals surface area contributed by atoms with Crippen molar-refractivity contribution in [3.8, 4) is 11.3 Å². The van der Waals surface area contributed by atoms with Crippen LogP contribution in [0.1, 0.15) is 0 Å². The van der Waals surface area contributed by atoms with Crippen molar-refractivity contribution in [2.75, 3.05) is 5.73 Å². The van der Waals surface area contributed by atoms with Gasteiger partial charge in [0.15, 0.2) is 0 Å². The molecule has 0 spiro atoms. The van der Waals surface area contributed by atoms with Crippen LogP contribution < -0.4 is 5.73 Å². The Morgan fingerprint density at radius 3 is 2.94 bits per heavy atom. The monoisotopic (exact) mass is 214 g/mol. The number of aromatic nitrogens is 5. The molecule has 0 fully saturated rings. The molecule has 6 heteroatoms. The van der Waals surface area contributed by atoms with Gasteiger partial charge in [-0.15, -0.1) is 5.10 Å². The first-order valence-corrected chi connectivity index (χ1v) is 4.85. The first kappa shape index (κ1) is 8.90. The third-order valence-corrected chi connectivity index (χ3v) is 2.52. The third-order valence-electron chi connectivity index (χ3n) is 2.52. The number of nitrogens with one attached hydrogen (secondary N) is 1. The molecule has 0 aliphatic heterocycles. The molecule has 0 aliphatic rings. The average Bonchev–Trinajstić information content (AvgIpc) is 2.86. The van der Waals surface area contributed by atoms with E-state index in [1.807, 2.05) is 25.2 Å². The number of benzene rings is 1. The molecule has 0 bridgehead atoms. The highest BCUT2D eigenvalue weighted by Gasteiger charge is 2.05. The summed E-state index contributed by atoms with van der Waals surface area (Å²) in [5, 5.41) is 14.8. The van der Waals surface area contributed by atoms with E-state index in [1.165, 1.54) is 0 Å². The summed E-state index contributed by atoms with van der Waals surface area (Å²) < 4.78 is 1.74. The van der Waals surface area contributed by atoms with Crippen LogP contribution in [0.25, 0.3) is 22.3 Å². The molecule has 0 atom stereocenters. The Morgan fingerprint density at radius 2 is 2.19 bits per heavy atom. The zero-order valence-electron chi connectivity index (χ0n) is 8.68. The van der Waals surface area contributed by atoms with Crippen molar-refractivity contribution in [2.24, 2.45) is 7.05 Å². The Balaban J connectivity index is 2.18. The van der Waals surface area contributed by atoms with Crippen LogP contribution in [0.5, 0.6) is 0 Å². The van der Waals surface area contributed by atoms with E-state index in [4.69, 9.17) is 5.73 Å². The Bertz CT molecular complexity index is 650. The van der Waals surface area contributed by atoms with Crippen LogP contribution >= 0.6 is 0 Å². The number of fused-ring (bicyclic) bond motifs is 1. The number of hydrogen-bond donors (Lipinski definition) is 2. The van der Waals surface area contributed by atoms with Gasteiger partial charge in [0.25, 0.3) is 0 Å². The van der Waals surface area contributed by atoms with E-state index in [9.17, 15) is 0 Å².